The van der Waals surface area contributed by atoms with Crippen LogP contribution in [0.1, 0.15) is 19.8 Å². The normalized spacial score (nSPS) is 28.9. The molecule has 0 aromatic carbocycles. The summed E-state index contributed by atoms with van der Waals surface area (Å²) in [5, 5.41) is 8.33. The second-order valence-electron chi connectivity index (χ2n) is 2.22. The molecule has 0 saturated carbocycles. The second kappa shape index (κ2) is 4.85. The molecule has 0 bridgehead atoms. The van der Waals surface area contributed by atoms with E-state index in [4.69, 9.17) is 9.84 Å². The van der Waals surface area contributed by atoms with Crippen LogP contribution in [0.5, 0.6) is 0 Å². The maximum absolute atomic E-state index is 10.1. The molecule has 2 atom stereocenters. The minimum atomic E-state index is -0.826. The van der Waals surface area contributed by atoms with Gasteiger partial charge in [0.05, 0.1) is 6.10 Å². The number of carbonyl (C=O) groups is 1. The topological polar surface area (TPSA) is 49.8 Å². The average molecular weight is 170 g/mol. The Hall–Kier alpha value is 1.07. The minimum absolute atomic E-state index is 0. The summed E-state index contributed by atoms with van der Waals surface area (Å²) in [6, 6.07) is 0. The molecule has 1 aliphatic heterocycles. The van der Waals surface area contributed by atoms with Gasteiger partial charge in [-0.05, 0) is 6.42 Å². The van der Waals surface area contributed by atoms with Crippen LogP contribution in [0.3, 0.4) is 0 Å². The molecular formula is C6H11KO3. The number of ether oxygens (including phenoxy) is 1. The second-order valence-corrected chi connectivity index (χ2v) is 2.22. The molecule has 10 heavy (non-hydrogen) atoms. The summed E-state index contributed by atoms with van der Waals surface area (Å²) in [5.41, 5.74) is 0. The number of aliphatic carboxylic acids is 1. The molecule has 0 aromatic rings. The molecule has 1 fully saturated rings. The molecule has 1 saturated heterocycles. The summed E-state index contributed by atoms with van der Waals surface area (Å²) in [6.45, 7) is 2.01. The van der Waals surface area contributed by atoms with Crippen molar-refractivity contribution in [3.63, 3.8) is 0 Å². The monoisotopic (exact) mass is 170 g/mol. The molecule has 1 heterocycles. The van der Waals surface area contributed by atoms with Crippen molar-refractivity contribution in [2.45, 2.75) is 32.0 Å². The van der Waals surface area contributed by atoms with Crippen molar-refractivity contribution in [3.8, 4) is 0 Å². The van der Waals surface area contributed by atoms with E-state index >= 15 is 0 Å². The molecule has 1 aliphatic rings. The zero-order valence-corrected chi connectivity index (χ0v) is 5.33. The van der Waals surface area contributed by atoms with Crippen LogP contribution in [0.25, 0.3) is 0 Å². The van der Waals surface area contributed by atoms with Crippen LogP contribution in [-0.4, -0.2) is 74.7 Å². The van der Waals surface area contributed by atoms with Gasteiger partial charge >= 0.3 is 57.4 Å². The third-order valence-corrected chi connectivity index (χ3v) is 1.40. The fourth-order valence-electron chi connectivity index (χ4n) is 0.864. The molecule has 0 spiro atoms. The summed E-state index contributed by atoms with van der Waals surface area (Å²) in [5.74, 6) is -0.826. The van der Waals surface area contributed by atoms with Crippen LogP contribution in [-0.2, 0) is 9.53 Å². The van der Waals surface area contributed by atoms with Crippen LogP contribution < -0.4 is 0 Å². The number of epoxide rings is 1. The number of carboxylic acid groups (broad SMARTS) is 1. The van der Waals surface area contributed by atoms with E-state index in [1.54, 1.807) is 0 Å². The Morgan fingerprint density at radius 3 is 2.60 bits per heavy atom. The Kier molecular flexibility index (Phi) is 5.36. The summed E-state index contributed by atoms with van der Waals surface area (Å²) in [6.07, 6.45) is 1.38. The van der Waals surface area contributed by atoms with Crippen molar-refractivity contribution in [1.29, 1.82) is 0 Å². The molecule has 0 unspecified atom stereocenters. The molecule has 4 heteroatoms. The van der Waals surface area contributed by atoms with Gasteiger partial charge in [0.25, 0.3) is 0 Å². The van der Waals surface area contributed by atoms with Gasteiger partial charge in [-0.3, -0.25) is 0 Å². The Labute approximate surface area is 103 Å². The van der Waals surface area contributed by atoms with Crippen molar-refractivity contribution in [2.75, 3.05) is 0 Å². The van der Waals surface area contributed by atoms with Gasteiger partial charge in [0, 0.05) is 0 Å². The molecule has 0 amide bonds. The van der Waals surface area contributed by atoms with Crippen LogP contribution in [0.4, 0.5) is 0 Å². The third-order valence-electron chi connectivity index (χ3n) is 1.40. The quantitative estimate of drug-likeness (QED) is 0.479. The Balaban J connectivity index is 0.000000810. The molecule has 3 nitrogen and oxygen atoms in total. The summed E-state index contributed by atoms with van der Waals surface area (Å²) in [7, 11) is 0. The van der Waals surface area contributed by atoms with Crippen LogP contribution in [0, 0.1) is 0 Å². The zero-order chi connectivity index (χ0) is 6.85. The van der Waals surface area contributed by atoms with Gasteiger partial charge < -0.3 is 9.84 Å². The SMILES string of the molecule is CCC[C@H]1O[C@@H]1C(=O)O.[KH]. The van der Waals surface area contributed by atoms with Crippen LogP contribution in [0.2, 0.25) is 0 Å². The van der Waals surface area contributed by atoms with E-state index in [2.05, 4.69) is 0 Å². The first-order valence-corrected chi connectivity index (χ1v) is 3.14. The Morgan fingerprint density at radius 2 is 2.30 bits per heavy atom. The van der Waals surface area contributed by atoms with E-state index in [0.717, 1.165) is 12.8 Å². The third kappa shape index (κ3) is 2.98. The maximum atomic E-state index is 10.1. The predicted molar refractivity (Wildman–Crippen MR) is 38.4 cm³/mol. The number of carboxylic acids is 1. The van der Waals surface area contributed by atoms with Gasteiger partial charge in [0.15, 0.2) is 6.10 Å². The summed E-state index contributed by atoms with van der Waals surface area (Å²) >= 11 is 0. The van der Waals surface area contributed by atoms with Gasteiger partial charge in [-0.15, -0.1) is 0 Å². The van der Waals surface area contributed by atoms with Gasteiger partial charge in [0.2, 0.25) is 0 Å². The molecule has 0 aromatic heterocycles. The van der Waals surface area contributed by atoms with Crippen LogP contribution >= 0.6 is 0 Å². The first-order chi connectivity index (χ1) is 4.25. The predicted octanol–water partition coefficient (Wildman–Crippen LogP) is -0.0100. The van der Waals surface area contributed by atoms with E-state index in [9.17, 15) is 4.79 Å². The zero-order valence-electron chi connectivity index (χ0n) is 5.33. The van der Waals surface area contributed by atoms with E-state index in [1.807, 2.05) is 6.92 Å². The standard InChI is InChI=1S/C6H10O3.K.H/c1-2-3-4-5(9-4)6(7)8;;/h4-5H,2-3H2,1H3,(H,7,8);;/t4-,5+;;/m1../s1. The van der Waals surface area contributed by atoms with E-state index in [-0.39, 0.29) is 57.5 Å². The molecule has 1 N–H and O–H groups in total. The molecule has 1 rings (SSSR count). The van der Waals surface area contributed by atoms with E-state index in [1.165, 1.54) is 0 Å². The summed E-state index contributed by atoms with van der Waals surface area (Å²) in [4.78, 5) is 10.1. The van der Waals surface area contributed by atoms with Gasteiger partial charge in [-0.1, -0.05) is 13.3 Å². The van der Waals surface area contributed by atoms with E-state index in [0.29, 0.717) is 0 Å². The Morgan fingerprint density at radius 1 is 1.70 bits per heavy atom. The number of hydrogen-bond donors (Lipinski definition) is 1. The molecule has 54 valence electrons. The van der Waals surface area contributed by atoms with Crippen molar-refractivity contribution < 1.29 is 14.6 Å². The molecular weight excluding hydrogens is 159 g/mol. The molecule has 0 radical (unpaired) electrons. The van der Waals surface area contributed by atoms with Crippen molar-refractivity contribution in [2.24, 2.45) is 0 Å². The van der Waals surface area contributed by atoms with Gasteiger partial charge in [-0.2, -0.15) is 0 Å². The molecule has 0 aliphatic carbocycles. The van der Waals surface area contributed by atoms with Crippen LogP contribution in [0.15, 0.2) is 0 Å². The van der Waals surface area contributed by atoms with E-state index < -0.39 is 12.1 Å². The first kappa shape index (κ1) is 11.1. The van der Waals surface area contributed by atoms with Crippen molar-refractivity contribution in [3.05, 3.63) is 0 Å². The number of rotatable bonds is 3. The Bertz CT molecular complexity index is 126. The van der Waals surface area contributed by atoms with Gasteiger partial charge in [-0.25, -0.2) is 4.79 Å². The average Bonchev–Trinajstić information content (AvgIpc) is 2.47. The van der Waals surface area contributed by atoms with Crippen molar-refractivity contribution >= 4 is 57.4 Å². The fourth-order valence-corrected chi connectivity index (χ4v) is 0.864. The van der Waals surface area contributed by atoms with Crippen molar-refractivity contribution in [1.82, 2.24) is 0 Å². The first-order valence-electron chi connectivity index (χ1n) is 3.14. The van der Waals surface area contributed by atoms with Gasteiger partial charge in [0.1, 0.15) is 0 Å². The summed E-state index contributed by atoms with van der Waals surface area (Å²) < 4.78 is 4.82. The fraction of sp³-hybridized carbons (Fsp3) is 0.833. The number of hydrogen-bond acceptors (Lipinski definition) is 2.